The van der Waals surface area contributed by atoms with Gasteiger partial charge in [-0.25, -0.2) is 0 Å². The Balaban J connectivity index is 1.18. The van der Waals surface area contributed by atoms with Crippen LogP contribution in [0.1, 0.15) is 167 Å². The van der Waals surface area contributed by atoms with Gasteiger partial charge in [0.2, 0.25) is 0 Å². The molecule has 0 saturated heterocycles. The molecule has 4 heterocycles. The lowest BCUT2D eigenvalue weighted by atomic mass is 9.59. The van der Waals surface area contributed by atoms with Gasteiger partial charge in [-0.05, 0) is 145 Å². The Morgan fingerprint density at radius 2 is 0.887 bits per heavy atom. The fraction of sp³-hybridized carbons (Fsp3) is 0.276. The van der Waals surface area contributed by atoms with Crippen molar-refractivity contribution >= 4 is 89.5 Å². The first-order valence-electron chi connectivity index (χ1n) is 30.1. The molecule has 19 rings (SSSR count). The van der Waals surface area contributed by atoms with E-state index in [9.17, 15) is 5.26 Å². The zero-order valence-corrected chi connectivity index (χ0v) is 48.6. The summed E-state index contributed by atoms with van der Waals surface area (Å²) in [5.41, 5.74) is 27.6. The van der Waals surface area contributed by atoms with Gasteiger partial charge in [-0.15, -0.1) is 0 Å². The molecule has 4 bridgehead atoms. The third-order valence-corrected chi connectivity index (χ3v) is 28.7. The third kappa shape index (κ3) is 5.61. The van der Waals surface area contributed by atoms with Gasteiger partial charge in [0.1, 0.15) is 0 Å². The highest BCUT2D eigenvalue weighted by molar-refractivity contribution is 6.95. The highest BCUT2D eigenvalue weighted by Crippen LogP contribution is 2.62. The van der Waals surface area contributed by atoms with E-state index in [4.69, 9.17) is 0 Å². The maximum Gasteiger partial charge on any atom is 0.0995 e. The second kappa shape index (κ2) is 16.0. The summed E-state index contributed by atoms with van der Waals surface area (Å²) in [6.07, 6.45) is 5.20. The van der Waals surface area contributed by atoms with E-state index < -0.39 is 8.07 Å². The molecule has 1 fully saturated rings. The molecule has 0 atom stereocenters. The molecule has 80 heavy (non-hydrogen) atoms. The van der Waals surface area contributed by atoms with E-state index >= 15 is 0 Å². The largest absolute Gasteiger partial charge is 0.307 e. The Morgan fingerprint density at radius 3 is 1.39 bits per heavy atom. The van der Waals surface area contributed by atoms with Crippen molar-refractivity contribution < 1.29 is 0 Å². The lowest BCUT2D eigenvalue weighted by molar-refractivity contribution is 0.361. The minimum absolute atomic E-state index is 0.00684. The number of fused-ring (bicyclic) bond motifs is 14. The molecular formula is C76H67N3Si. The summed E-state index contributed by atoms with van der Waals surface area (Å²) in [5, 5.41) is 24.3. The fourth-order valence-electron chi connectivity index (χ4n) is 18.8. The highest BCUT2D eigenvalue weighted by atomic mass is 28.3. The Bertz CT molecular complexity index is 4800. The minimum Gasteiger partial charge on any atom is -0.307 e. The molecule has 0 N–H and O–H groups in total. The minimum atomic E-state index is -2.34. The zero-order valence-electron chi connectivity index (χ0n) is 47.6. The number of nitrogens with zero attached hydrogens (tertiary/aromatic N) is 3. The standard InChI is InChI=1S/C76H67N3Si/c1-40(2)80(41(3)4,42(5)6)49-37-57-68-60(34-47(39-77)62-65-51-24-16-18-26-53(51)66(71(62)68)54-27-19-17-25-52(54)65)79-73(57)58(38-49)70-64(45-22-14-11-15-23-45)74-69(63(75(70)79)44-20-12-10-13-21-44)56-36-48(76(7,8)9)35-55-67-59(78(74)72(55)56)33-32-50-43-28-30-46(31-29-43)61(50)67/h10-27,32-38,40-43,46,65-66H,28-31H2,1-9H3. The van der Waals surface area contributed by atoms with Crippen molar-refractivity contribution in [2.75, 3.05) is 0 Å². The zero-order chi connectivity index (χ0) is 54.2. The summed E-state index contributed by atoms with van der Waals surface area (Å²) in [6, 6.07) is 62.3. The SMILES string of the molecule is CC(C)[Si](c1cc2c3c4c(c(C#N)cc3n3c5c(-c6ccccc6)c6c7cc(C(C)(C)C)cc8c9c%10c(ccc9n(c6c(-c6ccccc6)c5c(c1)c23)c87)C1CCC%10CC1)C1c2ccccc2C4c2ccccc21)(C(C)C)C(C)C. The van der Waals surface area contributed by atoms with Crippen molar-refractivity contribution in [3.05, 3.63) is 207 Å². The molecule has 4 heteroatoms. The van der Waals surface area contributed by atoms with Crippen LogP contribution in [0.15, 0.2) is 152 Å². The second-order valence-electron chi connectivity index (χ2n) is 27.0. The Labute approximate surface area is 470 Å². The summed E-state index contributed by atoms with van der Waals surface area (Å²) in [5.74, 6) is 1.21. The molecule has 0 aliphatic heterocycles. The van der Waals surface area contributed by atoms with Gasteiger partial charge in [0.15, 0.2) is 0 Å². The van der Waals surface area contributed by atoms with Crippen LogP contribution in [0.4, 0.5) is 0 Å². The van der Waals surface area contributed by atoms with E-state index in [0.717, 1.165) is 11.1 Å². The van der Waals surface area contributed by atoms with Crippen molar-refractivity contribution in [2.24, 2.45) is 0 Å². The van der Waals surface area contributed by atoms with Crippen LogP contribution in [0, 0.1) is 11.3 Å². The van der Waals surface area contributed by atoms with Crippen LogP contribution in [0.2, 0.25) is 16.6 Å². The molecule has 0 radical (unpaired) electrons. The van der Waals surface area contributed by atoms with Gasteiger partial charge in [0.05, 0.1) is 52.8 Å². The van der Waals surface area contributed by atoms with Crippen LogP contribution >= 0.6 is 0 Å². The van der Waals surface area contributed by atoms with Crippen molar-refractivity contribution in [3.8, 4) is 28.3 Å². The number of aromatic nitrogens is 2. The lowest BCUT2D eigenvalue weighted by Crippen LogP contribution is -2.55. The maximum absolute atomic E-state index is 11.8. The predicted octanol–water partition coefficient (Wildman–Crippen LogP) is 20.1. The molecule has 390 valence electrons. The predicted molar refractivity (Wildman–Crippen MR) is 339 cm³/mol. The van der Waals surface area contributed by atoms with Crippen LogP contribution in [0.25, 0.3) is 98.4 Å². The lowest BCUT2D eigenvalue weighted by Gasteiger charge is -2.44. The van der Waals surface area contributed by atoms with E-state index in [0.29, 0.717) is 28.5 Å². The van der Waals surface area contributed by atoms with E-state index in [2.05, 4.69) is 229 Å². The first kappa shape index (κ1) is 47.1. The van der Waals surface area contributed by atoms with E-state index in [1.165, 1.54) is 158 Å². The molecule has 0 spiro atoms. The molecule has 6 aliphatic carbocycles. The topological polar surface area (TPSA) is 32.6 Å². The van der Waals surface area contributed by atoms with Gasteiger partial charge in [-0.1, -0.05) is 195 Å². The fourth-order valence-corrected chi connectivity index (χ4v) is 25.6. The average molecular weight is 1050 g/mol. The molecule has 0 amide bonds. The molecule has 6 aliphatic rings. The van der Waals surface area contributed by atoms with Crippen molar-refractivity contribution in [3.63, 3.8) is 0 Å². The number of benzene rings is 9. The Hall–Kier alpha value is -7.71. The van der Waals surface area contributed by atoms with E-state index in [1.807, 2.05) is 0 Å². The van der Waals surface area contributed by atoms with Crippen molar-refractivity contribution in [2.45, 2.75) is 134 Å². The number of nitriles is 1. The van der Waals surface area contributed by atoms with Crippen LogP contribution in [0.5, 0.6) is 0 Å². The average Bonchev–Trinajstić information content (AvgIpc) is 3.51. The van der Waals surface area contributed by atoms with Crippen LogP contribution in [0.3, 0.4) is 0 Å². The highest BCUT2D eigenvalue weighted by Gasteiger charge is 2.48. The van der Waals surface area contributed by atoms with Crippen LogP contribution < -0.4 is 5.19 Å². The monoisotopic (exact) mass is 1050 g/mol. The van der Waals surface area contributed by atoms with Crippen molar-refractivity contribution in [1.29, 1.82) is 5.26 Å². The Kier molecular flexibility index (Phi) is 9.44. The summed E-state index contributed by atoms with van der Waals surface area (Å²) >= 11 is 0. The summed E-state index contributed by atoms with van der Waals surface area (Å²) in [4.78, 5) is 0. The molecule has 13 aromatic rings. The van der Waals surface area contributed by atoms with Gasteiger partial charge >= 0.3 is 0 Å². The molecule has 1 saturated carbocycles. The van der Waals surface area contributed by atoms with Gasteiger partial charge < -0.3 is 8.80 Å². The number of rotatable bonds is 6. The van der Waals surface area contributed by atoms with Gasteiger partial charge in [-0.2, -0.15) is 5.26 Å². The summed E-state index contributed by atoms with van der Waals surface area (Å²) < 4.78 is 5.49. The van der Waals surface area contributed by atoms with Crippen molar-refractivity contribution in [1.82, 2.24) is 8.80 Å². The third-order valence-electron chi connectivity index (χ3n) is 21.6. The first-order valence-corrected chi connectivity index (χ1v) is 32.3. The number of hydrogen-bond acceptors (Lipinski definition) is 1. The van der Waals surface area contributed by atoms with Gasteiger partial charge in [-0.3, -0.25) is 0 Å². The molecule has 0 unspecified atom stereocenters. The Morgan fingerprint density at radius 1 is 0.450 bits per heavy atom. The maximum atomic E-state index is 11.8. The van der Waals surface area contributed by atoms with Gasteiger partial charge in [0, 0.05) is 66.1 Å². The quantitative estimate of drug-likeness (QED) is 0.153. The molecule has 9 aromatic carbocycles. The summed E-state index contributed by atoms with van der Waals surface area (Å²) in [6.45, 7) is 22.4. The molecule has 3 nitrogen and oxygen atoms in total. The van der Waals surface area contributed by atoms with Crippen LogP contribution in [-0.2, 0) is 5.41 Å². The number of hydrogen-bond donors (Lipinski definition) is 0. The molecule has 4 aromatic heterocycles. The van der Waals surface area contributed by atoms with Crippen LogP contribution in [-0.4, -0.2) is 16.9 Å². The van der Waals surface area contributed by atoms with E-state index in [1.54, 1.807) is 16.3 Å². The summed E-state index contributed by atoms with van der Waals surface area (Å²) in [7, 11) is -2.34. The molecular weight excluding hydrogens is 983 g/mol. The van der Waals surface area contributed by atoms with E-state index in [-0.39, 0.29) is 17.3 Å². The van der Waals surface area contributed by atoms with Gasteiger partial charge in [0.25, 0.3) is 0 Å². The smallest absolute Gasteiger partial charge is 0.0995 e. The normalized spacial score (nSPS) is 18.7. The first-order chi connectivity index (χ1) is 38.8. The second-order valence-corrected chi connectivity index (χ2v) is 32.9.